The van der Waals surface area contributed by atoms with Crippen molar-refractivity contribution in [2.45, 2.75) is 0 Å². The zero-order valence-corrected chi connectivity index (χ0v) is 12.5. The van der Waals surface area contributed by atoms with E-state index in [1.54, 1.807) is 18.2 Å². The molecule has 0 amide bonds. The number of hydrogen-bond donors (Lipinski definition) is 1. The first-order valence-corrected chi connectivity index (χ1v) is 7.33. The molecule has 0 unspecified atom stereocenters. The zero-order chi connectivity index (χ0) is 16.1. The Balaban J connectivity index is 1.65. The predicted octanol–water partition coefficient (Wildman–Crippen LogP) is 4.32. The predicted molar refractivity (Wildman–Crippen MR) is 89.8 cm³/mol. The van der Waals surface area contributed by atoms with Crippen molar-refractivity contribution in [3.63, 3.8) is 0 Å². The third-order valence-corrected chi connectivity index (χ3v) is 3.54. The summed E-state index contributed by atoms with van der Waals surface area (Å²) in [6.45, 7) is -0.109. The maximum Gasteiger partial charge on any atom is 0.203 e. The number of phenolic OH excluding ortho intramolecular Hbond substituents is 1. The number of benzene rings is 3. The van der Waals surface area contributed by atoms with E-state index in [9.17, 15) is 9.90 Å². The van der Waals surface area contributed by atoms with E-state index >= 15 is 0 Å². The van der Waals surface area contributed by atoms with Gasteiger partial charge in [0, 0.05) is 0 Å². The van der Waals surface area contributed by atoms with E-state index < -0.39 is 0 Å². The molecule has 0 radical (unpaired) electrons. The van der Waals surface area contributed by atoms with Gasteiger partial charge in [0.05, 0.1) is 5.56 Å². The minimum absolute atomic E-state index is 0.0273. The fourth-order valence-corrected chi connectivity index (χ4v) is 2.31. The van der Waals surface area contributed by atoms with Gasteiger partial charge in [-0.3, -0.25) is 4.79 Å². The summed E-state index contributed by atoms with van der Waals surface area (Å²) in [5.41, 5.74) is 2.49. The van der Waals surface area contributed by atoms with Crippen LogP contribution in [-0.2, 0) is 0 Å². The van der Waals surface area contributed by atoms with E-state index in [0.717, 1.165) is 11.1 Å². The molecule has 3 rings (SSSR count). The van der Waals surface area contributed by atoms with Crippen LogP contribution < -0.4 is 4.74 Å². The van der Waals surface area contributed by atoms with Crippen LogP contribution in [0.2, 0.25) is 0 Å². The van der Waals surface area contributed by atoms with Gasteiger partial charge in [-0.2, -0.15) is 0 Å². The van der Waals surface area contributed by atoms with Gasteiger partial charge < -0.3 is 9.84 Å². The first kappa shape index (κ1) is 14.9. The fourth-order valence-electron chi connectivity index (χ4n) is 2.31. The molecule has 0 fully saturated rings. The van der Waals surface area contributed by atoms with Gasteiger partial charge in [-0.05, 0) is 35.4 Å². The highest BCUT2D eigenvalue weighted by Gasteiger charge is 2.11. The van der Waals surface area contributed by atoms with Gasteiger partial charge in [0.2, 0.25) is 5.78 Å². The average Bonchev–Trinajstić information content (AvgIpc) is 2.61. The van der Waals surface area contributed by atoms with E-state index in [1.165, 1.54) is 6.07 Å². The molecule has 0 aliphatic carbocycles. The number of aromatic hydroxyl groups is 1. The van der Waals surface area contributed by atoms with Crippen LogP contribution in [0.3, 0.4) is 0 Å². The van der Waals surface area contributed by atoms with Crippen LogP contribution in [0.5, 0.6) is 11.5 Å². The SMILES string of the molecule is O=C(COc1ccc(-c2ccccc2)cc1)c1ccccc1O. The summed E-state index contributed by atoms with van der Waals surface area (Å²) in [6, 6.07) is 24.1. The van der Waals surface area contributed by atoms with E-state index in [0.29, 0.717) is 5.75 Å². The molecule has 3 aromatic carbocycles. The summed E-state index contributed by atoms with van der Waals surface area (Å²) in [7, 11) is 0. The van der Waals surface area contributed by atoms with Crippen LogP contribution in [0, 0.1) is 0 Å². The Hall–Kier alpha value is -3.07. The smallest absolute Gasteiger partial charge is 0.203 e. The van der Waals surface area contributed by atoms with Crippen LogP contribution in [0.25, 0.3) is 11.1 Å². The van der Waals surface area contributed by atoms with Crippen LogP contribution in [0.15, 0.2) is 78.9 Å². The Kier molecular flexibility index (Phi) is 4.39. The van der Waals surface area contributed by atoms with Crippen molar-refractivity contribution in [3.05, 3.63) is 84.4 Å². The number of carbonyl (C=O) groups is 1. The molecule has 114 valence electrons. The molecule has 0 aromatic heterocycles. The first-order chi connectivity index (χ1) is 11.2. The van der Waals surface area contributed by atoms with Gasteiger partial charge in [0.25, 0.3) is 0 Å². The Morgan fingerprint density at radius 2 is 1.39 bits per heavy atom. The van der Waals surface area contributed by atoms with Crippen LogP contribution in [0.4, 0.5) is 0 Å². The molecule has 3 heteroatoms. The molecule has 0 spiro atoms. The molecule has 0 saturated heterocycles. The molecule has 0 aliphatic rings. The fraction of sp³-hybridized carbons (Fsp3) is 0.0500. The van der Waals surface area contributed by atoms with Gasteiger partial charge in [-0.15, -0.1) is 0 Å². The van der Waals surface area contributed by atoms with E-state index in [1.807, 2.05) is 54.6 Å². The number of Topliss-reactive ketones (excluding diaryl/α,β-unsaturated/α-hetero) is 1. The van der Waals surface area contributed by atoms with E-state index in [4.69, 9.17) is 4.74 Å². The van der Waals surface area contributed by atoms with Gasteiger partial charge in [-0.25, -0.2) is 0 Å². The topological polar surface area (TPSA) is 46.5 Å². The highest BCUT2D eigenvalue weighted by molar-refractivity contribution is 5.99. The molecular formula is C20H16O3. The quantitative estimate of drug-likeness (QED) is 0.714. The third-order valence-electron chi connectivity index (χ3n) is 3.54. The molecular weight excluding hydrogens is 288 g/mol. The third kappa shape index (κ3) is 3.58. The minimum Gasteiger partial charge on any atom is -0.507 e. The van der Waals surface area contributed by atoms with Crippen molar-refractivity contribution in [2.24, 2.45) is 0 Å². The highest BCUT2D eigenvalue weighted by Crippen LogP contribution is 2.22. The second-order valence-electron chi connectivity index (χ2n) is 5.12. The monoisotopic (exact) mass is 304 g/mol. The van der Waals surface area contributed by atoms with Gasteiger partial charge in [-0.1, -0.05) is 54.6 Å². The number of para-hydroxylation sites is 1. The average molecular weight is 304 g/mol. The van der Waals surface area contributed by atoms with Crippen molar-refractivity contribution >= 4 is 5.78 Å². The lowest BCUT2D eigenvalue weighted by atomic mass is 10.1. The molecule has 0 aliphatic heterocycles. The Labute approximate surface area is 134 Å². The molecule has 3 aromatic rings. The van der Waals surface area contributed by atoms with E-state index in [-0.39, 0.29) is 23.7 Å². The van der Waals surface area contributed by atoms with Gasteiger partial charge in [0.1, 0.15) is 11.5 Å². The van der Waals surface area contributed by atoms with Crippen molar-refractivity contribution in [1.82, 2.24) is 0 Å². The lowest BCUT2D eigenvalue weighted by molar-refractivity contribution is 0.0919. The first-order valence-electron chi connectivity index (χ1n) is 7.33. The number of phenols is 1. The molecule has 23 heavy (non-hydrogen) atoms. The molecule has 0 saturated carbocycles. The lowest BCUT2D eigenvalue weighted by Crippen LogP contribution is -2.11. The number of carbonyl (C=O) groups excluding carboxylic acids is 1. The summed E-state index contributed by atoms with van der Waals surface area (Å²) >= 11 is 0. The van der Waals surface area contributed by atoms with Crippen molar-refractivity contribution in [1.29, 1.82) is 0 Å². The van der Waals surface area contributed by atoms with Gasteiger partial charge in [0.15, 0.2) is 6.61 Å². The van der Waals surface area contributed by atoms with Crippen LogP contribution in [-0.4, -0.2) is 17.5 Å². The van der Waals surface area contributed by atoms with Crippen LogP contribution in [0.1, 0.15) is 10.4 Å². The number of hydrogen-bond acceptors (Lipinski definition) is 3. The summed E-state index contributed by atoms with van der Waals surface area (Å²) in [4.78, 5) is 12.0. The van der Waals surface area contributed by atoms with Crippen LogP contribution >= 0.6 is 0 Å². The summed E-state index contributed by atoms with van der Waals surface area (Å²) in [5.74, 6) is 0.337. The summed E-state index contributed by atoms with van der Waals surface area (Å²) in [6.07, 6.45) is 0. The van der Waals surface area contributed by atoms with Crippen molar-refractivity contribution in [2.75, 3.05) is 6.61 Å². The normalized spacial score (nSPS) is 10.3. The Bertz CT molecular complexity index is 793. The Morgan fingerprint density at radius 3 is 2.09 bits per heavy atom. The molecule has 0 bridgehead atoms. The lowest BCUT2D eigenvalue weighted by Gasteiger charge is -2.08. The van der Waals surface area contributed by atoms with Crippen molar-refractivity contribution in [3.8, 4) is 22.6 Å². The minimum atomic E-state index is -0.254. The summed E-state index contributed by atoms with van der Waals surface area (Å²) < 4.78 is 5.51. The maximum atomic E-state index is 12.0. The number of rotatable bonds is 5. The standard InChI is InChI=1S/C20H16O3/c21-19-9-5-4-8-18(19)20(22)14-23-17-12-10-16(11-13-17)15-6-2-1-3-7-15/h1-13,21H,14H2. The maximum absolute atomic E-state index is 12.0. The van der Waals surface area contributed by atoms with Gasteiger partial charge >= 0.3 is 0 Å². The molecule has 1 N–H and O–H groups in total. The van der Waals surface area contributed by atoms with Crippen molar-refractivity contribution < 1.29 is 14.6 Å². The number of ketones is 1. The number of ether oxygens (including phenoxy) is 1. The molecule has 0 heterocycles. The second-order valence-corrected chi connectivity index (χ2v) is 5.12. The Morgan fingerprint density at radius 1 is 0.783 bits per heavy atom. The molecule has 3 nitrogen and oxygen atoms in total. The second kappa shape index (κ2) is 6.79. The largest absolute Gasteiger partial charge is 0.507 e. The van der Waals surface area contributed by atoms with E-state index in [2.05, 4.69) is 0 Å². The zero-order valence-electron chi connectivity index (χ0n) is 12.5. The molecule has 0 atom stereocenters. The summed E-state index contributed by atoms with van der Waals surface area (Å²) in [5, 5.41) is 9.66. The highest BCUT2D eigenvalue weighted by atomic mass is 16.5.